The zero-order valence-corrected chi connectivity index (χ0v) is 18.0. The molecule has 1 fully saturated rings. The Labute approximate surface area is 179 Å². The van der Waals surface area contributed by atoms with Crippen molar-refractivity contribution < 1.29 is 14.0 Å². The first-order valence-electron chi connectivity index (χ1n) is 10.0. The number of imide groups is 1. The van der Waals surface area contributed by atoms with Crippen LogP contribution in [0.2, 0.25) is 0 Å². The van der Waals surface area contributed by atoms with Crippen molar-refractivity contribution in [2.75, 3.05) is 0 Å². The summed E-state index contributed by atoms with van der Waals surface area (Å²) in [6.07, 6.45) is 4.70. The number of hydrogen-bond donors (Lipinski definition) is 0. The average Bonchev–Trinajstić information content (AvgIpc) is 3.20. The first-order chi connectivity index (χ1) is 14.4. The first kappa shape index (κ1) is 20.4. The van der Waals surface area contributed by atoms with E-state index in [9.17, 15) is 14.0 Å². The Morgan fingerprint density at radius 2 is 1.83 bits per heavy atom. The van der Waals surface area contributed by atoms with Crippen molar-refractivity contribution in [1.29, 1.82) is 0 Å². The second-order valence-corrected chi connectivity index (χ2v) is 8.64. The molecule has 0 radical (unpaired) electrons. The van der Waals surface area contributed by atoms with Crippen molar-refractivity contribution >= 4 is 39.9 Å². The van der Waals surface area contributed by atoms with E-state index in [-0.39, 0.29) is 23.0 Å². The van der Waals surface area contributed by atoms with Crippen molar-refractivity contribution in [2.24, 2.45) is 0 Å². The molecule has 3 aromatic rings. The largest absolute Gasteiger partial charge is 0.342 e. The number of rotatable bonds is 5. The maximum absolute atomic E-state index is 13.3. The van der Waals surface area contributed by atoms with Gasteiger partial charge in [-0.25, -0.2) is 4.39 Å². The molecular formula is C24H23FN2O2S. The number of benzene rings is 2. The van der Waals surface area contributed by atoms with Crippen LogP contribution in [0.4, 0.5) is 9.18 Å². The van der Waals surface area contributed by atoms with Crippen LogP contribution in [-0.4, -0.2) is 26.7 Å². The van der Waals surface area contributed by atoms with Gasteiger partial charge in [0, 0.05) is 29.7 Å². The summed E-state index contributed by atoms with van der Waals surface area (Å²) in [5.41, 5.74) is 4.19. The van der Waals surface area contributed by atoms with Gasteiger partial charge >= 0.3 is 0 Å². The maximum Gasteiger partial charge on any atom is 0.293 e. The molecule has 154 valence electrons. The Hall–Kier alpha value is -2.86. The Morgan fingerprint density at radius 3 is 2.47 bits per heavy atom. The van der Waals surface area contributed by atoms with Crippen LogP contribution in [0.5, 0.6) is 0 Å². The smallest absolute Gasteiger partial charge is 0.293 e. The molecule has 2 aromatic carbocycles. The number of nitrogens with zero attached hydrogens (tertiary/aromatic N) is 2. The number of thioether (sulfide) groups is 1. The van der Waals surface area contributed by atoms with Gasteiger partial charge in [-0.3, -0.25) is 14.5 Å². The number of carbonyl (C=O) groups is 2. The number of halogens is 1. The SMILES string of the molecule is CCc1cccc2c(/C=C3\SC(=O)N(C(C)C)C3=O)cn(Cc3ccc(F)cc3)c12. The lowest BCUT2D eigenvalue weighted by molar-refractivity contribution is -0.123. The Kier molecular flexibility index (Phi) is 5.52. The number of aromatic nitrogens is 1. The van der Waals surface area contributed by atoms with Crippen LogP contribution in [0.3, 0.4) is 0 Å². The fourth-order valence-corrected chi connectivity index (χ4v) is 4.80. The van der Waals surface area contributed by atoms with E-state index in [1.54, 1.807) is 12.1 Å². The average molecular weight is 423 g/mol. The summed E-state index contributed by atoms with van der Waals surface area (Å²) in [4.78, 5) is 26.7. The molecule has 0 N–H and O–H groups in total. The summed E-state index contributed by atoms with van der Waals surface area (Å²) in [5.74, 6) is -0.502. The lowest BCUT2D eigenvalue weighted by Gasteiger charge is -2.16. The van der Waals surface area contributed by atoms with Crippen LogP contribution >= 0.6 is 11.8 Å². The maximum atomic E-state index is 13.3. The van der Waals surface area contributed by atoms with Crippen molar-refractivity contribution in [1.82, 2.24) is 9.47 Å². The van der Waals surface area contributed by atoms with Crippen LogP contribution < -0.4 is 0 Å². The zero-order valence-electron chi connectivity index (χ0n) is 17.2. The van der Waals surface area contributed by atoms with Gasteiger partial charge < -0.3 is 4.57 Å². The lowest BCUT2D eigenvalue weighted by atomic mass is 10.1. The Balaban J connectivity index is 1.80. The standard InChI is InChI=1S/C24H23FN2O2S/c1-4-17-6-5-7-20-18(12-21-23(28)27(15(2)3)24(29)30-21)14-26(22(17)20)13-16-8-10-19(25)11-9-16/h5-12,14-15H,4,13H2,1-3H3/b21-12-. The number of amides is 2. The fraction of sp³-hybridized carbons (Fsp3) is 0.250. The molecule has 4 nitrogen and oxygen atoms in total. The van der Waals surface area contributed by atoms with Gasteiger partial charge in [0.1, 0.15) is 5.82 Å². The van der Waals surface area contributed by atoms with Crippen LogP contribution in [0.1, 0.15) is 37.5 Å². The minimum atomic E-state index is -0.257. The molecule has 1 aliphatic heterocycles. The fourth-order valence-electron chi connectivity index (χ4n) is 3.84. The molecule has 30 heavy (non-hydrogen) atoms. The van der Waals surface area contributed by atoms with E-state index in [1.165, 1.54) is 22.6 Å². The molecule has 0 spiro atoms. The van der Waals surface area contributed by atoms with Gasteiger partial charge in [-0.2, -0.15) is 0 Å². The highest BCUT2D eigenvalue weighted by Gasteiger charge is 2.36. The summed E-state index contributed by atoms with van der Waals surface area (Å²) in [6, 6.07) is 12.5. The highest BCUT2D eigenvalue weighted by Crippen LogP contribution is 2.36. The van der Waals surface area contributed by atoms with Crippen molar-refractivity contribution in [3.8, 4) is 0 Å². The minimum Gasteiger partial charge on any atom is -0.342 e. The van der Waals surface area contributed by atoms with E-state index in [0.29, 0.717) is 11.4 Å². The van der Waals surface area contributed by atoms with Gasteiger partial charge in [-0.1, -0.05) is 37.3 Å². The molecule has 0 saturated carbocycles. The monoisotopic (exact) mass is 422 g/mol. The van der Waals surface area contributed by atoms with E-state index < -0.39 is 0 Å². The van der Waals surface area contributed by atoms with Crippen LogP contribution in [0.25, 0.3) is 17.0 Å². The number of carbonyl (C=O) groups excluding carboxylic acids is 2. The summed E-state index contributed by atoms with van der Waals surface area (Å²) in [5, 5.41) is 0.804. The number of hydrogen-bond acceptors (Lipinski definition) is 3. The van der Waals surface area contributed by atoms with E-state index in [1.807, 2.05) is 38.3 Å². The molecule has 4 rings (SSSR count). The van der Waals surface area contributed by atoms with E-state index >= 15 is 0 Å². The van der Waals surface area contributed by atoms with Crippen molar-refractivity contribution in [3.05, 3.63) is 76.1 Å². The van der Waals surface area contributed by atoms with Crippen LogP contribution in [-0.2, 0) is 17.8 Å². The Morgan fingerprint density at radius 1 is 1.10 bits per heavy atom. The quantitative estimate of drug-likeness (QED) is 0.486. The predicted molar refractivity (Wildman–Crippen MR) is 120 cm³/mol. The van der Waals surface area contributed by atoms with Crippen molar-refractivity contribution in [2.45, 2.75) is 39.8 Å². The third kappa shape index (κ3) is 3.67. The molecule has 2 heterocycles. The van der Waals surface area contributed by atoms with Gasteiger partial charge in [0.25, 0.3) is 11.1 Å². The number of para-hydroxylation sites is 1. The first-order valence-corrected chi connectivity index (χ1v) is 10.8. The molecule has 1 saturated heterocycles. The summed E-state index contributed by atoms with van der Waals surface area (Å²) < 4.78 is 15.4. The molecule has 1 aromatic heterocycles. The second kappa shape index (κ2) is 8.11. The summed E-state index contributed by atoms with van der Waals surface area (Å²) in [6.45, 7) is 6.37. The molecule has 6 heteroatoms. The highest BCUT2D eigenvalue weighted by atomic mass is 32.2. The van der Waals surface area contributed by atoms with Gasteiger partial charge in [0.05, 0.1) is 10.4 Å². The normalized spacial score (nSPS) is 15.9. The van der Waals surface area contributed by atoms with Crippen LogP contribution in [0.15, 0.2) is 53.6 Å². The lowest BCUT2D eigenvalue weighted by Crippen LogP contribution is -2.34. The van der Waals surface area contributed by atoms with Gasteiger partial charge in [-0.15, -0.1) is 0 Å². The molecular weight excluding hydrogens is 399 g/mol. The summed E-state index contributed by atoms with van der Waals surface area (Å²) >= 11 is 0.986. The molecule has 0 unspecified atom stereocenters. The molecule has 1 aliphatic rings. The highest BCUT2D eigenvalue weighted by molar-refractivity contribution is 8.18. The molecule has 0 aliphatic carbocycles. The summed E-state index contributed by atoms with van der Waals surface area (Å²) in [7, 11) is 0. The van der Waals surface area contributed by atoms with Gasteiger partial charge in [-0.05, 0) is 61.4 Å². The number of aryl methyl sites for hydroxylation is 1. The van der Waals surface area contributed by atoms with E-state index in [0.717, 1.165) is 40.2 Å². The van der Waals surface area contributed by atoms with Gasteiger partial charge in [0.15, 0.2) is 0 Å². The van der Waals surface area contributed by atoms with E-state index in [2.05, 4.69) is 17.6 Å². The molecule has 0 atom stereocenters. The topological polar surface area (TPSA) is 42.3 Å². The van der Waals surface area contributed by atoms with Gasteiger partial charge in [0.2, 0.25) is 0 Å². The third-order valence-corrected chi connectivity index (χ3v) is 6.17. The van der Waals surface area contributed by atoms with E-state index in [4.69, 9.17) is 0 Å². The zero-order chi connectivity index (χ0) is 21.4. The van der Waals surface area contributed by atoms with Crippen molar-refractivity contribution in [3.63, 3.8) is 0 Å². The second-order valence-electron chi connectivity index (χ2n) is 7.65. The molecule has 2 amide bonds. The number of fused-ring (bicyclic) bond motifs is 1. The Bertz CT molecular complexity index is 1160. The third-order valence-electron chi connectivity index (χ3n) is 5.29. The molecule has 0 bridgehead atoms. The minimum absolute atomic E-state index is 0.171. The predicted octanol–water partition coefficient (Wildman–Crippen LogP) is 5.84. The van der Waals surface area contributed by atoms with Crippen LogP contribution in [0, 0.1) is 5.82 Å².